The van der Waals surface area contributed by atoms with Crippen LogP contribution in [0.5, 0.6) is 0 Å². The van der Waals surface area contributed by atoms with Gasteiger partial charge in [-0.15, -0.1) is 0 Å². The highest BCUT2D eigenvalue weighted by molar-refractivity contribution is 7.08. The average Bonchev–Trinajstić information content (AvgIpc) is 3.17. The molecule has 0 aliphatic carbocycles. The molecule has 0 saturated heterocycles. The normalized spacial score (nSPS) is 10.4. The summed E-state index contributed by atoms with van der Waals surface area (Å²) < 4.78 is 5.41. The molecule has 2 heterocycles. The molecule has 100 valence electrons. The zero-order chi connectivity index (χ0) is 13.8. The number of benzene rings is 1. The van der Waals surface area contributed by atoms with Crippen molar-refractivity contribution in [3.05, 3.63) is 64.7 Å². The molecule has 0 atom stereocenters. The maximum Gasteiger partial charge on any atom is 0.252 e. The summed E-state index contributed by atoms with van der Waals surface area (Å²) in [6.45, 7) is 0.352. The molecule has 5 heteroatoms. The number of hydrogen-bond acceptors (Lipinski definition) is 4. The Bertz CT molecular complexity index is 690. The van der Waals surface area contributed by atoms with Crippen molar-refractivity contribution in [1.29, 1.82) is 0 Å². The Kier molecular flexibility index (Phi) is 3.60. The predicted molar refractivity (Wildman–Crippen MR) is 77.4 cm³/mol. The lowest BCUT2D eigenvalue weighted by Gasteiger charge is -1.99. The molecule has 0 radical (unpaired) electrons. The van der Waals surface area contributed by atoms with Crippen LogP contribution in [0.1, 0.15) is 16.1 Å². The fraction of sp³-hybridized carbons (Fsp3) is 0.0667. The summed E-state index contributed by atoms with van der Waals surface area (Å²) in [5.41, 5.74) is 2.29. The molecule has 0 unspecified atom stereocenters. The number of nitrogens with one attached hydrogen (secondary N) is 1. The van der Waals surface area contributed by atoms with E-state index in [9.17, 15) is 4.79 Å². The van der Waals surface area contributed by atoms with Crippen molar-refractivity contribution in [1.82, 2.24) is 10.3 Å². The summed E-state index contributed by atoms with van der Waals surface area (Å²) in [5, 5.41) is 6.50. The fourth-order valence-electron chi connectivity index (χ4n) is 1.77. The monoisotopic (exact) mass is 284 g/mol. The van der Waals surface area contributed by atoms with E-state index in [1.54, 1.807) is 12.3 Å². The summed E-state index contributed by atoms with van der Waals surface area (Å²) >= 11 is 1.50. The molecule has 0 fully saturated rings. The third kappa shape index (κ3) is 2.78. The van der Waals surface area contributed by atoms with E-state index in [4.69, 9.17) is 4.42 Å². The smallest absolute Gasteiger partial charge is 0.252 e. The number of aromatic nitrogens is 1. The van der Waals surface area contributed by atoms with Gasteiger partial charge in [-0.25, -0.2) is 4.98 Å². The molecule has 2 aromatic heterocycles. The maximum atomic E-state index is 11.8. The summed E-state index contributed by atoms with van der Waals surface area (Å²) in [6.07, 6.45) is 1.57. The first-order valence-corrected chi connectivity index (χ1v) is 7.07. The zero-order valence-electron chi connectivity index (χ0n) is 10.6. The SMILES string of the molecule is O=C(NCc1coc(-c2ccccc2)n1)c1ccsc1. The van der Waals surface area contributed by atoms with Crippen LogP contribution in [-0.2, 0) is 6.54 Å². The van der Waals surface area contributed by atoms with Gasteiger partial charge in [0.1, 0.15) is 6.26 Å². The third-order valence-corrected chi connectivity index (χ3v) is 3.47. The Hall–Kier alpha value is -2.40. The van der Waals surface area contributed by atoms with E-state index in [-0.39, 0.29) is 5.91 Å². The standard InChI is InChI=1S/C15H12N2O2S/c18-14(12-6-7-20-10-12)16-8-13-9-19-15(17-13)11-4-2-1-3-5-11/h1-7,9-10H,8H2,(H,16,18). The minimum absolute atomic E-state index is 0.101. The molecule has 1 amide bonds. The van der Waals surface area contributed by atoms with Crippen molar-refractivity contribution in [2.24, 2.45) is 0 Å². The second kappa shape index (κ2) is 5.71. The van der Waals surface area contributed by atoms with E-state index in [0.29, 0.717) is 23.7 Å². The van der Waals surface area contributed by atoms with Crippen LogP contribution in [0.25, 0.3) is 11.5 Å². The van der Waals surface area contributed by atoms with Crippen molar-refractivity contribution in [3.63, 3.8) is 0 Å². The van der Waals surface area contributed by atoms with Crippen LogP contribution < -0.4 is 5.32 Å². The quantitative estimate of drug-likeness (QED) is 0.799. The molecular weight excluding hydrogens is 272 g/mol. The predicted octanol–water partition coefficient (Wildman–Crippen LogP) is 3.33. The minimum Gasteiger partial charge on any atom is -0.444 e. The lowest BCUT2D eigenvalue weighted by molar-refractivity contribution is 0.0951. The second-order valence-corrected chi connectivity index (χ2v) is 4.98. The number of rotatable bonds is 4. The van der Waals surface area contributed by atoms with Gasteiger partial charge >= 0.3 is 0 Å². The third-order valence-electron chi connectivity index (χ3n) is 2.79. The van der Waals surface area contributed by atoms with Gasteiger partial charge in [0, 0.05) is 16.5 Å². The van der Waals surface area contributed by atoms with Gasteiger partial charge in [0.25, 0.3) is 5.91 Å². The highest BCUT2D eigenvalue weighted by atomic mass is 32.1. The molecule has 3 rings (SSSR count). The first-order valence-electron chi connectivity index (χ1n) is 6.13. The molecule has 0 saturated carbocycles. The zero-order valence-corrected chi connectivity index (χ0v) is 11.4. The Balaban J connectivity index is 1.65. The van der Waals surface area contributed by atoms with Crippen LogP contribution in [-0.4, -0.2) is 10.9 Å². The number of oxazole rings is 1. The minimum atomic E-state index is -0.101. The number of hydrogen-bond donors (Lipinski definition) is 1. The Morgan fingerprint density at radius 2 is 2.10 bits per heavy atom. The van der Waals surface area contributed by atoms with Crippen LogP contribution in [0.4, 0.5) is 0 Å². The molecule has 3 aromatic rings. The van der Waals surface area contributed by atoms with Gasteiger partial charge in [-0.05, 0) is 23.6 Å². The second-order valence-electron chi connectivity index (χ2n) is 4.20. The molecule has 1 N–H and O–H groups in total. The largest absolute Gasteiger partial charge is 0.444 e. The molecular formula is C15H12N2O2S. The van der Waals surface area contributed by atoms with Crippen LogP contribution in [0, 0.1) is 0 Å². The summed E-state index contributed by atoms with van der Waals surface area (Å²) in [4.78, 5) is 16.1. The van der Waals surface area contributed by atoms with Crippen molar-refractivity contribution < 1.29 is 9.21 Å². The van der Waals surface area contributed by atoms with Gasteiger partial charge in [0.05, 0.1) is 12.2 Å². The van der Waals surface area contributed by atoms with Gasteiger partial charge < -0.3 is 9.73 Å². The van der Waals surface area contributed by atoms with E-state index < -0.39 is 0 Å². The Morgan fingerprint density at radius 1 is 1.25 bits per heavy atom. The fourth-order valence-corrected chi connectivity index (χ4v) is 2.40. The maximum absolute atomic E-state index is 11.8. The molecule has 1 aromatic carbocycles. The lowest BCUT2D eigenvalue weighted by Crippen LogP contribution is -2.22. The first-order chi connectivity index (χ1) is 9.83. The molecule has 0 spiro atoms. The van der Waals surface area contributed by atoms with Gasteiger partial charge in [0.15, 0.2) is 0 Å². The van der Waals surface area contributed by atoms with E-state index in [1.807, 2.05) is 41.1 Å². The number of carbonyl (C=O) groups is 1. The van der Waals surface area contributed by atoms with E-state index >= 15 is 0 Å². The van der Waals surface area contributed by atoms with E-state index in [2.05, 4.69) is 10.3 Å². The van der Waals surface area contributed by atoms with E-state index in [1.165, 1.54) is 11.3 Å². The average molecular weight is 284 g/mol. The Labute approximate surface area is 120 Å². The molecule has 0 aliphatic rings. The van der Waals surface area contributed by atoms with Crippen LogP contribution >= 0.6 is 11.3 Å². The van der Waals surface area contributed by atoms with Crippen molar-refractivity contribution in [2.45, 2.75) is 6.54 Å². The molecule has 0 aliphatic heterocycles. The number of nitrogens with zero attached hydrogens (tertiary/aromatic N) is 1. The molecule has 20 heavy (non-hydrogen) atoms. The van der Waals surface area contributed by atoms with Crippen molar-refractivity contribution in [3.8, 4) is 11.5 Å². The van der Waals surface area contributed by atoms with Gasteiger partial charge in [-0.3, -0.25) is 4.79 Å². The van der Waals surface area contributed by atoms with Gasteiger partial charge in [-0.1, -0.05) is 18.2 Å². The molecule has 0 bridgehead atoms. The van der Waals surface area contributed by atoms with Crippen molar-refractivity contribution in [2.75, 3.05) is 0 Å². The number of thiophene rings is 1. The molecule has 4 nitrogen and oxygen atoms in total. The van der Waals surface area contributed by atoms with Crippen LogP contribution in [0.15, 0.2) is 57.8 Å². The number of carbonyl (C=O) groups excluding carboxylic acids is 1. The van der Waals surface area contributed by atoms with Crippen LogP contribution in [0.3, 0.4) is 0 Å². The summed E-state index contributed by atoms with van der Waals surface area (Å²) in [6, 6.07) is 11.4. The Morgan fingerprint density at radius 3 is 2.85 bits per heavy atom. The number of amides is 1. The summed E-state index contributed by atoms with van der Waals surface area (Å²) in [5.74, 6) is 0.459. The topological polar surface area (TPSA) is 55.1 Å². The van der Waals surface area contributed by atoms with E-state index in [0.717, 1.165) is 5.56 Å². The highest BCUT2D eigenvalue weighted by Gasteiger charge is 2.09. The van der Waals surface area contributed by atoms with Crippen molar-refractivity contribution >= 4 is 17.2 Å². The highest BCUT2D eigenvalue weighted by Crippen LogP contribution is 2.17. The van der Waals surface area contributed by atoms with Gasteiger partial charge in [-0.2, -0.15) is 11.3 Å². The van der Waals surface area contributed by atoms with Crippen LogP contribution in [0.2, 0.25) is 0 Å². The lowest BCUT2D eigenvalue weighted by atomic mass is 10.2. The first kappa shape index (κ1) is 12.6. The summed E-state index contributed by atoms with van der Waals surface area (Å²) in [7, 11) is 0. The van der Waals surface area contributed by atoms with Gasteiger partial charge in [0.2, 0.25) is 5.89 Å².